The number of carbonyl (C=O) groups excluding carboxylic acids is 1. The molecule has 0 spiro atoms. The molecule has 1 amide bonds. The van der Waals surface area contributed by atoms with Gasteiger partial charge in [-0.3, -0.25) is 9.18 Å². The molecule has 170 valence electrons. The van der Waals surface area contributed by atoms with Gasteiger partial charge in [-0.05, 0) is 57.7 Å². The van der Waals surface area contributed by atoms with Crippen molar-refractivity contribution in [3.8, 4) is 0 Å². The van der Waals surface area contributed by atoms with Gasteiger partial charge in [0.15, 0.2) is 0 Å². The van der Waals surface area contributed by atoms with Crippen molar-refractivity contribution in [1.29, 1.82) is 0 Å². The van der Waals surface area contributed by atoms with E-state index < -0.39 is 47.3 Å². The topological polar surface area (TPSA) is 111 Å². The fraction of sp³-hybridized carbons (Fsp3) is 0.947. The highest BCUT2D eigenvalue weighted by molar-refractivity contribution is 7.99. The molecule has 0 radical (unpaired) electrons. The van der Waals surface area contributed by atoms with Crippen LogP contribution in [0.1, 0.15) is 39.0 Å². The molecule has 2 fully saturated rings. The molecule has 9 atom stereocenters. The first-order valence-electron chi connectivity index (χ1n) is 10.3. The van der Waals surface area contributed by atoms with Crippen molar-refractivity contribution in [2.75, 3.05) is 19.5 Å². The number of alkyl halides is 2. The second-order valence-corrected chi connectivity index (χ2v) is 9.58. The van der Waals surface area contributed by atoms with Gasteiger partial charge in [0, 0.05) is 0 Å². The highest BCUT2D eigenvalue weighted by Gasteiger charge is 2.48. The Balaban J connectivity index is 2.01. The molecule has 5 N–H and O–H groups in total. The lowest BCUT2D eigenvalue weighted by atomic mass is 9.92. The van der Waals surface area contributed by atoms with E-state index in [1.807, 2.05) is 0 Å². The summed E-state index contributed by atoms with van der Waals surface area (Å²) in [6.45, 7) is 2.05. The summed E-state index contributed by atoms with van der Waals surface area (Å²) in [6, 6.07) is -1.15. The van der Waals surface area contributed by atoms with Crippen LogP contribution in [0.2, 0.25) is 0 Å². The summed E-state index contributed by atoms with van der Waals surface area (Å²) < 4.78 is 18.2. The molecule has 0 aliphatic carbocycles. The van der Waals surface area contributed by atoms with Gasteiger partial charge in [0.2, 0.25) is 5.91 Å². The van der Waals surface area contributed by atoms with Crippen LogP contribution in [-0.4, -0.2) is 88.0 Å². The normalized spacial score (nSPS) is 38.1. The number of aliphatic hydroxyl groups excluding tert-OH is 3. The van der Waals surface area contributed by atoms with Gasteiger partial charge in [0.25, 0.3) is 0 Å². The highest BCUT2D eigenvalue weighted by atomic mass is 35.5. The van der Waals surface area contributed by atoms with Crippen LogP contribution in [-0.2, 0) is 9.53 Å². The summed E-state index contributed by atoms with van der Waals surface area (Å²) in [6.07, 6.45) is 0.517. The molecule has 0 aromatic heterocycles. The lowest BCUT2D eigenvalue weighted by molar-refractivity contribution is -0.205. The summed E-state index contributed by atoms with van der Waals surface area (Å²) in [5.74, 6) is 0.159. The first-order valence-corrected chi connectivity index (χ1v) is 12.0. The molecular weight excluding hydrogens is 423 g/mol. The zero-order chi connectivity index (χ0) is 21.6. The van der Waals surface area contributed by atoms with Crippen LogP contribution in [0.3, 0.4) is 0 Å². The maximum atomic E-state index is 12.9. The molecule has 2 aliphatic heterocycles. The first kappa shape index (κ1) is 25.1. The monoisotopic (exact) mass is 456 g/mol. The zero-order valence-electron chi connectivity index (χ0n) is 17.0. The number of carbonyl (C=O) groups is 1. The van der Waals surface area contributed by atoms with Gasteiger partial charge in [0.05, 0.1) is 24.1 Å². The minimum Gasteiger partial charge on any atom is -0.388 e. The van der Waals surface area contributed by atoms with E-state index >= 15 is 0 Å². The molecule has 29 heavy (non-hydrogen) atoms. The lowest BCUT2D eigenvalue weighted by Crippen LogP contribution is -2.65. The molecule has 0 bridgehead atoms. The number of ether oxygens (including phenoxy) is 1. The molecule has 0 aromatic carbocycles. The summed E-state index contributed by atoms with van der Waals surface area (Å²) in [5.41, 5.74) is -0.736. The largest absolute Gasteiger partial charge is 0.388 e. The van der Waals surface area contributed by atoms with E-state index in [4.69, 9.17) is 16.3 Å². The van der Waals surface area contributed by atoms with Crippen molar-refractivity contribution in [1.82, 2.24) is 10.6 Å². The van der Waals surface area contributed by atoms with E-state index in [2.05, 4.69) is 10.6 Å². The molecule has 0 aromatic rings. The van der Waals surface area contributed by atoms with E-state index in [9.17, 15) is 24.5 Å². The molecule has 2 saturated heterocycles. The Kier molecular flexibility index (Phi) is 10.4. The zero-order valence-corrected chi connectivity index (χ0v) is 18.5. The standard InChI is InChI=1S/C19H34ClFN2O5S/c1-10(20)13(17-15(25)14(24)16(26)19(28-17)29-2)23-18(27)12-6-5-11(4-3-8-21)7-9-22-12/h10-17,19,22,24-26H,3-9H2,1-2H3,(H,23,27). The number of nitrogens with one attached hydrogen (secondary N) is 2. The van der Waals surface area contributed by atoms with Gasteiger partial charge in [0.1, 0.15) is 29.9 Å². The molecule has 10 heteroatoms. The fourth-order valence-electron chi connectivity index (χ4n) is 4.08. The SMILES string of the molecule is CSC1OC(C(NC(=O)C2CCC(CCCF)CCN2)C(C)Cl)C(O)C(O)C1O. The van der Waals surface area contributed by atoms with Gasteiger partial charge >= 0.3 is 0 Å². The Morgan fingerprint density at radius 2 is 2.00 bits per heavy atom. The van der Waals surface area contributed by atoms with Crippen LogP contribution in [0.5, 0.6) is 0 Å². The molecule has 2 aliphatic rings. The Morgan fingerprint density at radius 3 is 2.62 bits per heavy atom. The third-order valence-corrected chi connectivity index (χ3v) is 6.99. The van der Waals surface area contributed by atoms with Crippen LogP contribution >= 0.6 is 23.4 Å². The third-order valence-electron chi connectivity index (χ3n) is 5.87. The van der Waals surface area contributed by atoms with E-state index in [-0.39, 0.29) is 12.6 Å². The van der Waals surface area contributed by atoms with Crippen LogP contribution in [0.15, 0.2) is 0 Å². The van der Waals surface area contributed by atoms with Crippen molar-refractivity contribution >= 4 is 29.3 Å². The molecule has 7 nitrogen and oxygen atoms in total. The summed E-state index contributed by atoms with van der Waals surface area (Å²) >= 11 is 7.51. The van der Waals surface area contributed by atoms with Crippen molar-refractivity contribution in [3.05, 3.63) is 0 Å². The number of halogens is 2. The average molecular weight is 457 g/mol. The van der Waals surface area contributed by atoms with Crippen molar-refractivity contribution in [2.24, 2.45) is 5.92 Å². The Morgan fingerprint density at radius 1 is 1.28 bits per heavy atom. The Bertz CT molecular complexity index is 519. The van der Waals surface area contributed by atoms with Crippen molar-refractivity contribution < 1.29 is 29.2 Å². The Hall–Kier alpha value is -0.160. The first-order chi connectivity index (χ1) is 13.8. The summed E-state index contributed by atoms with van der Waals surface area (Å²) in [4.78, 5) is 12.9. The molecule has 2 rings (SSSR count). The number of hydrogen-bond donors (Lipinski definition) is 5. The second-order valence-electron chi connectivity index (χ2n) is 7.96. The van der Waals surface area contributed by atoms with Gasteiger partial charge in [-0.15, -0.1) is 23.4 Å². The van der Waals surface area contributed by atoms with Crippen LogP contribution in [0.4, 0.5) is 4.39 Å². The lowest BCUT2D eigenvalue weighted by Gasteiger charge is -2.44. The average Bonchev–Trinajstić information content (AvgIpc) is 2.95. The van der Waals surface area contributed by atoms with E-state index in [0.717, 1.165) is 19.3 Å². The van der Waals surface area contributed by atoms with Gasteiger partial charge in [-0.25, -0.2) is 0 Å². The maximum absolute atomic E-state index is 12.9. The predicted octanol–water partition coefficient (Wildman–Crippen LogP) is 0.777. The second kappa shape index (κ2) is 12.0. The van der Waals surface area contributed by atoms with Crippen LogP contribution < -0.4 is 10.6 Å². The number of hydrogen-bond acceptors (Lipinski definition) is 7. The third kappa shape index (κ3) is 6.66. The van der Waals surface area contributed by atoms with Crippen LogP contribution in [0, 0.1) is 5.92 Å². The smallest absolute Gasteiger partial charge is 0.237 e. The van der Waals surface area contributed by atoms with Crippen molar-refractivity contribution in [2.45, 2.75) is 86.3 Å². The number of amides is 1. The van der Waals surface area contributed by atoms with Gasteiger partial charge in [-0.1, -0.05) is 0 Å². The van der Waals surface area contributed by atoms with Crippen molar-refractivity contribution in [3.63, 3.8) is 0 Å². The fourth-order valence-corrected chi connectivity index (χ4v) is 4.96. The summed E-state index contributed by atoms with van der Waals surface area (Å²) in [5, 5.41) is 36.2. The maximum Gasteiger partial charge on any atom is 0.237 e. The van der Waals surface area contributed by atoms with E-state index in [1.54, 1.807) is 13.2 Å². The van der Waals surface area contributed by atoms with Gasteiger partial charge < -0.3 is 30.7 Å². The molecule has 0 saturated carbocycles. The van der Waals surface area contributed by atoms with Crippen LogP contribution in [0.25, 0.3) is 0 Å². The number of thioether (sulfide) groups is 1. The Labute approximate surface area is 181 Å². The predicted molar refractivity (Wildman–Crippen MR) is 112 cm³/mol. The number of aliphatic hydroxyl groups is 3. The quantitative estimate of drug-likeness (QED) is 0.343. The van der Waals surface area contributed by atoms with E-state index in [0.29, 0.717) is 25.3 Å². The van der Waals surface area contributed by atoms with E-state index in [1.165, 1.54) is 11.8 Å². The molecular formula is C19H34ClFN2O5S. The minimum absolute atomic E-state index is 0.245. The molecule has 2 heterocycles. The summed E-state index contributed by atoms with van der Waals surface area (Å²) in [7, 11) is 0. The highest BCUT2D eigenvalue weighted by Crippen LogP contribution is 2.30. The minimum atomic E-state index is -1.40. The number of rotatable bonds is 8. The van der Waals surface area contributed by atoms with Gasteiger partial charge in [-0.2, -0.15) is 0 Å². The molecule has 9 unspecified atom stereocenters.